The smallest absolute Gasteiger partial charge is 0.265 e. The second-order valence-electron chi connectivity index (χ2n) is 6.23. The largest absolute Gasteiger partial charge is 0.338 e. The minimum atomic E-state index is -0.271. The van der Waals surface area contributed by atoms with Crippen LogP contribution in [0.4, 0.5) is 4.39 Å². The predicted molar refractivity (Wildman–Crippen MR) is 94.8 cm³/mol. The van der Waals surface area contributed by atoms with Crippen molar-refractivity contribution < 1.29 is 9.18 Å². The number of hydrogen-bond donors (Lipinski definition) is 1. The molecule has 1 aromatic heterocycles. The van der Waals surface area contributed by atoms with E-state index in [1.54, 1.807) is 12.1 Å². The Labute approximate surface area is 145 Å². The van der Waals surface area contributed by atoms with Gasteiger partial charge in [-0.3, -0.25) is 4.79 Å². The Morgan fingerprint density at radius 2 is 2.00 bits per heavy atom. The second-order valence-corrected chi connectivity index (χ2v) is 7.23. The van der Waals surface area contributed by atoms with E-state index in [2.05, 4.69) is 10.3 Å². The first-order valence-electron chi connectivity index (χ1n) is 8.25. The maximum Gasteiger partial charge on any atom is 0.265 e. The summed E-state index contributed by atoms with van der Waals surface area (Å²) in [6.07, 6.45) is 2.07. The molecule has 6 heteroatoms. The number of nitrogens with one attached hydrogen (secondary N) is 1. The van der Waals surface area contributed by atoms with Crippen LogP contribution >= 0.6 is 11.3 Å². The first kappa shape index (κ1) is 17.0. The summed E-state index contributed by atoms with van der Waals surface area (Å²) in [7, 11) is 1.97. The van der Waals surface area contributed by atoms with Gasteiger partial charge in [0.1, 0.15) is 15.7 Å². The minimum absolute atomic E-state index is 0.0706. The number of thiazole rings is 1. The number of aromatic nitrogens is 1. The van der Waals surface area contributed by atoms with E-state index in [0.29, 0.717) is 10.8 Å². The molecule has 1 N–H and O–H groups in total. The molecule has 1 aliphatic rings. The topological polar surface area (TPSA) is 45.2 Å². The summed E-state index contributed by atoms with van der Waals surface area (Å²) in [5, 5.41) is 3.97. The van der Waals surface area contributed by atoms with Crippen molar-refractivity contribution in [3.8, 4) is 10.6 Å². The van der Waals surface area contributed by atoms with Gasteiger partial charge in [-0.15, -0.1) is 11.3 Å². The van der Waals surface area contributed by atoms with E-state index >= 15 is 0 Å². The number of likely N-dealkylation sites (tertiary alicyclic amines) is 1. The zero-order valence-electron chi connectivity index (χ0n) is 14.0. The number of carbonyl (C=O) groups is 1. The van der Waals surface area contributed by atoms with E-state index in [1.807, 2.05) is 18.9 Å². The van der Waals surface area contributed by atoms with Crippen molar-refractivity contribution in [3.05, 3.63) is 40.7 Å². The Balaban J connectivity index is 1.73. The van der Waals surface area contributed by atoms with Gasteiger partial charge in [-0.1, -0.05) is 0 Å². The van der Waals surface area contributed by atoms with E-state index < -0.39 is 0 Å². The average Bonchev–Trinajstić information content (AvgIpc) is 2.98. The highest BCUT2D eigenvalue weighted by molar-refractivity contribution is 7.17. The van der Waals surface area contributed by atoms with E-state index in [0.717, 1.165) is 48.7 Å². The Kier molecular flexibility index (Phi) is 5.26. The van der Waals surface area contributed by atoms with Crippen molar-refractivity contribution in [2.45, 2.75) is 19.8 Å². The summed E-state index contributed by atoms with van der Waals surface area (Å²) in [5.41, 5.74) is 1.60. The highest BCUT2D eigenvalue weighted by Gasteiger charge is 2.26. The van der Waals surface area contributed by atoms with Crippen molar-refractivity contribution >= 4 is 17.2 Å². The molecular formula is C18H22FN3OS. The maximum atomic E-state index is 13.1. The number of hydrogen-bond acceptors (Lipinski definition) is 4. The molecule has 0 atom stereocenters. The van der Waals surface area contributed by atoms with Gasteiger partial charge in [-0.25, -0.2) is 9.37 Å². The highest BCUT2D eigenvalue weighted by atomic mass is 32.1. The molecule has 3 rings (SSSR count). The lowest BCUT2D eigenvalue weighted by Crippen LogP contribution is -2.40. The summed E-state index contributed by atoms with van der Waals surface area (Å²) in [4.78, 5) is 19.9. The molecule has 0 radical (unpaired) electrons. The Morgan fingerprint density at radius 3 is 2.62 bits per heavy atom. The number of aryl methyl sites for hydroxylation is 1. The van der Waals surface area contributed by atoms with E-state index in [4.69, 9.17) is 0 Å². The van der Waals surface area contributed by atoms with Crippen molar-refractivity contribution in [2.75, 3.05) is 26.7 Å². The number of piperidine rings is 1. The van der Waals surface area contributed by atoms with Crippen LogP contribution in [0.25, 0.3) is 10.6 Å². The molecule has 0 aliphatic carbocycles. The summed E-state index contributed by atoms with van der Waals surface area (Å²) in [5.74, 6) is 0.449. The number of carbonyl (C=O) groups excluding carboxylic acids is 1. The van der Waals surface area contributed by atoms with Crippen LogP contribution in [0.5, 0.6) is 0 Å². The monoisotopic (exact) mass is 347 g/mol. The molecule has 4 nitrogen and oxygen atoms in total. The molecule has 1 saturated heterocycles. The Hall–Kier alpha value is -1.79. The molecule has 24 heavy (non-hydrogen) atoms. The molecular weight excluding hydrogens is 325 g/mol. The lowest BCUT2D eigenvalue weighted by atomic mass is 9.97. The highest BCUT2D eigenvalue weighted by Crippen LogP contribution is 2.30. The SMILES string of the molecule is CNCC1CCN(C(=O)c2sc(-c3ccc(F)cc3)nc2C)CC1. The molecule has 0 saturated carbocycles. The maximum absolute atomic E-state index is 13.1. The predicted octanol–water partition coefficient (Wildman–Crippen LogP) is 3.33. The van der Waals surface area contributed by atoms with E-state index in [1.165, 1.54) is 23.5 Å². The van der Waals surface area contributed by atoms with Crippen LogP contribution in [0.15, 0.2) is 24.3 Å². The lowest BCUT2D eigenvalue weighted by molar-refractivity contribution is 0.0695. The molecule has 1 aliphatic heterocycles. The fraction of sp³-hybridized carbons (Fsp3) is 0.444. The quantitative estimate of drug-likeness (QED) is 0.923. The molecule has 1 aromatic carbocycles. The van der Waals surface area contributed by atoms with Gasteiger partial charge in [-0.05, 0) is 63.5 Å². The van der Waals surface area contributed by atoms with Gasteiger partial charge in [0, 0.05) is 18.7 Å². The van der Waals surface area contributed by atoms with Crippen molar-refractivity contribution in [2.24, 2.45) is 5.92 Å². The average molecular weight is 347 g/mol. The van der Waals surface area contributed by atoms with Gasteiger partial charge >= 0.3 is 0 Å². The zero-order valence-corrected chi connectivity index (χ0v) is 14.8. The number of nitrogens with zero attached hydrogens (tertiary/aromatic N) is 2. The molecule has 1 fully saturated rings. The van der Waals surface area contributed by atoms with Gasteiger partial charge in [0.2, 0.25) is 0 Å². The Bertz CT molecular complexity index is 706. The normalized spacial score (nSPS) is 15.7. The van der Waals surface area contributed by atoms with Gasteiger partial charge < -0.3 is 10.2 Å². The van der Waals surface area contributed by atoms with Gasteiger partial charge in [-0.2, -0.15) is 0 Å². The van der Waals surface area contributed by atoms with Crippen molar-refractivity contribution in [3.63, 3.8) is 0 Å². The van der Waals surface area contributed by atoms with Crippen LogP contribution in [0, 0.1) is 18.7 Å². The molecule has 1 amide bonds. The fourth-order valence-electron chi connectivity index (χ4n) is 3.08. The minimum Gasteiger partial charge on any atom is -0.338 e. The number of halogens is 1. The van der Waals surface area contributed by atoms with Crippen LogP contribution in [0.3, 0.4) is 0 Å². The van der Waals surface area contributed by atoms with Crippen molar-refractivity contribution in [1.29, 1.82) is 0 Å². The van der Waals surface area contributed by atoms with Crippen LogP contribution in [0.1, 0.15) is 28.2 Å². The van der Waals surface area contributed by atoms with E-state index in [-0.39, 0.29) is 11.7 Å². The number of benzene rings is 1. The van der Waals surface area contributed by atoms with Gasteiger partial charge in [0.15, 0.2) is 0 Å². The second kappa shape index (κ2) is 7.40. The number of rotatable bonds is 4. The van der Waals surface area contributed by atoms with E-state index in [9.17, 15) is 9.18 Å². The molecule has 0 bridgehead atoms. The Morgan fingerprint density at radius 1 is 1.33 bits per heavy atom. The summed E-state index contributed by atoms with van der Waals surface area (Å²) >= 11 is 1.39. The third-order valence-corrected chi connectivity index (χ3v) is 5.67. The molecule has 2 aromatic rings. The first-order chi connectivity index (χ1) is 11.6. The lowest BCUT2D eigenvalue weighted by Gasteiger charge is -2.31. The molecule has 0 spiro atoms. The summed E-state index contributed by atoms with van der Waals surface area (Å²) in [6.45, 7) is 4.48. The van der Waals surface area contributed by atoms with Gasteiger partial charge in [0.25, 0.3) is 5.91 Å². The standard InChI is InChI=1S/C18H22FN3OS/c1-12-16(18(23)22-9-7-13(8-10-22)11-20-2)24-17(21-12)14-3-5-15(19)6-4-14/h3-6,13,20H,7-11H2,1-2H3. The summed E-state index contributed by atoms with van der Waals surface area (Å²) < 4.78 is 13.1. The van der Waals surface area contributed by atoms with Crippen molar-refractivity contribution in [1.82, 2.24) is 15.2 Å². The third-order valence-electron chi connectivity index (χ3n) is 4.48. The first-order valence-corrected chi connectivity index (χ1v) is 9.07. The third kappa shape index (κ3) is 3.65. The molecule has 128 valence electrons. The van der Waals surface area contributed by atoms with Crippen LogP contribution in [-0.4, -0.2) is 42.5 Å². The van der Waals surface area contributed by atoms with Crippen LogP contribution in [0.2, 0.25) is 0 Å². The number of amides is 1. The molecule has 2 heterocycles. The zero-order chi connectivity index (χ0) is 17.1. The van der Waals surface area contributed by atoms with Gasteiger partial charge in [0.05, 0.1) is 5.69 Å². The van der Waals surface area contributed by atoms with Crippen LogP contribution in [-0.2, 0) is 0 Å². The molecule has 0 unspecified atom stereocenters. The van der Waals surface area contributed by atoms with Crippen LogP contribution < -0.4 is 5.32 Å². The fourth-order valence-corrected chi connectivity index (χ4v) is 4.12. The summed E-state index contributed by atoms with van der Waals surface area (Å²) in [6, 6.07) is 6.23.